The van der Waals surface area contributed by atoms with E-state index in [1.54, 1.807) is 25.3 Å². The number of halogens is 1. The van der Waals surface area contributed by atoms with Gasteiger partial charge in [-0.15, -0.1) is 0 Å². The van der Waals surface area contributed by atoms with Gasteiger partial charge in [0.15, 0.2) is 0 Å². The molecule has 0 radical (unpaired) electrons. The van der Waals surface area contributed by atoms with Crippen LogP contribution in [0.4, 0.5) is 4.39 Å². The molecule has 0 saturated carbocycles. The quantitative estimate of drug-likeness (QED) is 0.806. The smallest absolute Gasteiger partial charge is 0.223 e. The normalized spacial score (nSPS) is 18.8. The molecule has 116 valence electrons. The molecule has 1 atom stereocenters. The van der Waals surface area contributed by atoms with E-state index in [-0.39, 0.29) is 17.8 Å². The molecule has 0 N–H and O–H groups in total. The number of hydrogen-bond acceptors (Lipinski definition) is 3. The standard InChI is InChI=1S/C16H22FNO3/c1-20-10-8-14-12-18(9-11-21-14)16(19)7-6-13-4-2-3-5-15(13)17/h2-5,14H,6-12H2,1H3. The molecule has 1 amide bonds. The maximum absolute atomic E-state index is 13.5. The van der Waals surface area contributed by atoms with E-state index in [9.17, 15) is 9.18 Å². The molecule has 1 unspecified atom stereocenters. The fourth-order valence-electron chi connectivity index (χ4n) is 2.47. The highest BCUT2D eigenvalue weighted by Gasteiger charge is 2.23. The maximum atomic E-state index is 13.5. The van der Waals surface area contributed by atoms with Gasteiger partial charge in [0.25, 0.3) is 0 Å². The van der Waals surface area contributed by atoms with E-state index in [1.807, 2.05) is 4.90 Å². The Morgan fingerprint density at radius 1 is 1.48 bits per heavy atom. The third-order valence-corrected chi connectivity index (χ3v) is 3.70. The zero-order valence-corrected chi connectivity index (χ0v) is 12.4. The molecule has 0 bridgehead atoms. The van der Waals surface area contributed by atoms with Crippen molar-refractivity contribution >= 4 is 5.91 Å². The second kappa shape index (κ2) is 8.10. The van der Waals surface area contributed by atoms with Crippen LogP contribution in [0.5, 0.6) is 0 Å². The number of hydrogen-bond donors (Lipinski definition) is 0. The van der Waals surface area contributed by atoms with Crippen LogP contribution in [0.25, 0.3) is 0 Å². The van der Waals surface area contributed by atoms with E-state index in [0.717, 1.165) is 6.42 Å². The molecule has 1 heterocycles. The summed E-state index contributed by atoms with van der Waals surface area (Å²) in [6, 6.07) is 6.60. The van der Waals surface area contributed by atoms with Crippen molar-refractivity contribution in [1.29, 1.82) is 0 Å². The minimum atomic E-state index is -0.245. The lowest BCUT2D eigenvalue weighted by Crippen LogP contribution is -2.46. The van der Waals surface area contributed by atoms with Crippen molar-refractivity contribution < 1.29 is 18.7 Å². The highest BCUT2D eigenvalue weighted by Crippen LogP contribution is 2.13. The Bertz CT molecular complexity index is 467. The molecule has 4 nitrogen and oxygen atoms in total. The van der Waals surface area contributed by atoms with Crippen LogP contribution in [0.2, 0.25) is 0 Å². The van der Waals surface area contributed by atoms with Gasteiger partial charge < -0.3 is 14.4 Å². The van der Waals surface area contributed by atoms with Gasteiger partial charge in [-0.05, 0) is 24.5 Å². The van der Waals surface area contributed by atoms with Crippen molar-refractivity contribution in [1.82, 2.24) is 4.90 Å². The molecule has 0 spiro atoms. The summed E-state index contributed by atoms with van der Waals surface area (Å²) in [6.45, 7) is 2.39. The Labute approximate surface area is 124 Å². The van der Waals surface area contributed by atoms with Crippen LogP contribution in [-0.4, -0.2) is 50.3 Å². The van der Waals surface area contributed by atoms with E-state index in [4.69, 9.17) is 9.47 Å². The van der Waals surface area contributed by atoms with Crippen molar-refractivity contribution in [3.8, 4) is 0 Å². The highest BCUT2D eigenvalue weighted by molar-refractivity contribution is 5.76. The van der Waals surface area contributed by atoms with Crippen LogP contribution in [0.3, 0.4) is 0 Å². The number of ether oxygens (including phenoxy) is 2. The Morgan fingerprint density at radius 3 is 3.05 bits per heavy atom. The van der Waals surface area contributed by atoms with Crippen molar-refractivity contribution in [2.24, 2.45) is 0 Å². The number of carbonyl (C=O) groups is 1. The van der Waals surface area contributed by atoms with Gasteiger partial charge in [-0.3, -0.25) is 4.79 Å². The molecule has 1 aromatic rings. The summed E-state index contributed by atoms with van der Waals surface area (Å²) in [6.07, 6.45) is 1.59. The van der Waals surface area contributed by atoms with Crippen molar-refractivity contribution in [2.45, 2.75) is 25.4 Å². The predicted octanol–water partition coefficient (Wildman–Crippen LogP) is 2.02. The number of methoxy groups -OCH3 is 1. The van der Waals surface area contributed by atoms with E-state index >= 15 is 0 Å². The summed E-state index contributed by atoms with van der Waals surface area (Å²) in [4.78, 5) is 14.0. The molecule has 0 aliphatic carbocycles. The fourth-order valence-corrected chi connectivity index (χ4v) is 2.47. The first-order valence-corrected chi connectivity index (χ1v) is 7.32. The number of aryl methyl sites for hydroxylation is 1. The first kappa shape index (κ1) is 15.9. The number of amides is 1. The number of morpholine rings is 1. The molecular weight excluding hydrogens is 273 g/mol. The van der Waals surface area contributed by atoms with Gasteiger partial charge in [0.2, 0.25) is 5.91 Å². The van der Waals surface area contributed by atoms with E-state index in [1.165, 1.54) is 6.07 Å². The monoisotopic (exact) mass is 295 g/mol. The Kier molecular flexibility index (Phi) is 6.14. The highest BCUT2D eigenvalue weighted by atomic mass is 19.1. The Morgan fingerprint density at radius 2 is 2.29 bits per heavy atom. The molecule has 1 aromatic carbocycles. The molecule has 5 heteroatoms. The number of rotatable bonds is 6. The zero-order valence-electron chi connectivity index (χ0n) is 12.4. The van der Waals surface area contributed by atoms with Crippen molar-refractivity contribution in [2.75, 3.05) is 33.4 Å². The lowest BCUT2D eigenvalue weighted by molar-refractivity contribution is -0.139. The largest absolute Gasteiger partial charge is 0.385 e. The van der Waals surface area contributed by atoms with Crippen LogP contribution >= 0.6 is 0 Å². The van der Waals surface area contributed by atoms with E-state index in [2.05, 4.69) is 0 Å². The average molecular weight is 295 g/mol. The SMILES string of the molecule is COCCC1CN(C(=O)CCc2ccccc2F)CCO1. The fraction of sp³-hybridized carbons (Fsp3) is 0.562. The average Bonchev–Trinajstić information content (AvgIpc) is 2.52. The predicted molar refractivity (Wildman–Crippen MR) is 77.5 cm³/mol. The first-order chi connectivity index (χ1) is 10.2. The van der Waals surface area contributed by atoms with Crippen LogP contribution in [0.1, 0.15) is 18.4 Å². The van der Waals surface area contributed by atoms with Gasteiger partial charge in [0.05, 0.1) is 12.7 Å². The molecule has 1 aliphatic heterocycles. The summed E-state index contributed by atoms with van der Waals surface area (Å²) in [5.74, 6) is -0.186. The summed E-state index contributed by atoms with van der Waals surface area (Å²) >= 11 is 0. The second-order valence-electron chi connectivity index (χ2n) is 5.21. The molecule has 1 aliphatic rings. The Balaban J connectivity index is 1.81. The van der Waals surface area contributed by atoms with Crippen LogP contribution in [0, 0.1) is 5.82 Å². The summed E-state index contributed by atoms with van der Waals surface area (Å²) in [5, 5.41) is 0. The van der Waals surface area contributed by atoms with E-state index in [0.29, 0.717) is 44.7 Å². The number of nitrogens with zero attached hydrogens (tertiary/aromatic N) is 1. The summed E-state index contributed by atoms with van der Waals surface area (Å²) < 4.78 is 24.2. The molecular formula is C16H22FNO3. The van der Waals surface area contributed by atoms with Gasteiger partial charge in [-0.2, -0.15) is 0 Å². The topological polar surface area (TPSA) is 38.8 Å². The van der Waals surface area contributed by atoms with Crippen molar-refractivity contribution in [3.05, 3.63) is 35.6 Å². The minimum absolute atomic E-state index is 0.0381. The lowest BCUT2D eigenvalue weighted by Gasteiger charge is -2.33. The van der Waals surface area contributed by atoms with Crippen molar-refractivity contribution in [3.63, 3.8) is 0 Å². The number of benzene rings is 1. The van der Waals surface area contributed by atoms with Gasteiger partial charge in [-0.1, -0.05) is 18.2 Å². The minimum Gasteiger partial charge on any atom is -0.385 e. The van der Waals surface area contributed by atoms with Gasteiger partial charge >= 0.3 is 0 Å². The zero-order chi connectivity index (χ0) is 15.1. The first-order valence-electron chi connectivity index (χ1n) is 7.32. The Hall–Kier alpha value is -1.46. The third kappa shape index (κ3) is 4.79. The molecule has 1 fully saturated rings. The van der Waals surface area contributed by atoms with Gasteiger partial charge in [0, 0.05) is 33.2 Å². The van der Waals surface area contributed by atoms with Crippen LogP contribution in [0.15, 0.2) is 24.3 Å². The number of carbonyl (C=O) groups excluding carboxylic acids is 1. The van der Waals surface area contributed by atoms with Crippen LogP contribution in [-0.2, 0) is 20.7 Å². The van der Waals surface area contributed by atoms with Gasteiger partial charge in [0.1, 0.15) is 5.82 Å². The lowest BCUT2D eigenvalue weighted by atomic mass is 10.1. The van der Waals surface area contributed by atoms with Gasteiger partial charge in [-0.25, -0.2) is 4.39 Å². The second-order valence-corrected chi connectivity index (χ2v) is 5.21. The van der Waals surface area contributed by atoms with Crippen LogP contribution < -0.4 is 0 Å². The van der Waals surface area contributed by atoms with E-state index < -0.39 is 0 Å². The maximum Gasteiger partial charge on any atom is 0.223 e. The summed E-state index contributed by atoms with van der Waals surface area (Å²) in [7, 11) is 1.65. The molecule has 21 heavy (non-hydrogen) atoms. The summed E-state index contributed by atoms with van der Waals surface area (Å²) in [5.41, 5.74) is 0.593. The molecule has 1 saturated heterocycles. The molecule has 2 rings (SSSR count). The molecule has 0 aromatic heterocycles. The third-order valence-electron chi connectivity index (χ3n) is 3.70.